The van der Waals surface area contributed by atoms with Crippen molar-refractivity contribution < 1.29 is 9.90 Å². The zero-order valence-electron chi connectivity index (χ0n) is 9.15. The van der Waals surface area contributed by atoms with E-state index in [0.717, 1.165) is 5.01 Å². The molecule has 17 heavy (non-hydrogen) atoms. The maximum atomic E-state index is 10.1. The minimum absolute atomic E-state index is 0.640. The van der Waals surface area contributed by atoms with Gasteiger partial charge >= 0.3 is 6.09 Å². The summed E-state index contributed by atoms with van der Waals surface area (Å²) in [5.41, 5.74) is 8.91. The molecule has 0 radical (unpaired) electrons. The molecule has 0 unspecified atom stereocenters. The van der Waals surface area contributed by atoms with Gasteiger partial charge in [0.25, 0.3) is 0 Å². The van der Waals surface area contributed by atoms with E-state index in [1.54, 1.807) is 0 Å². The van der Waals surface area contributed by atoms with Crippen LogP contribution < -0.4 is 11.2 Å². The fourth-order valence-electron chi connectivity index (χ4n) is 1.02. The second-order valence-corrected chi connectivity index (χ2v) is 3.05. The molecule has 0 bridgehead atoms. The molecule has 0 aromatic heterocycles. The second-order valence-electron chi connectivity index (χ2n) is 3.05. The third-order valence-electron chi connectivity index (χ3n) is 1.86. The first-order valence-electron chi connectivity index (χ1n) is 4.94. The van der Waals surface area contributed by atoms with Gasteiger partial charge in [-0.25, -0.2) is 9.79 Å². The number of aliphatic imine (C=N–C) groups is 1. The Morgan fingerprint density at radius 2 is 2.12 bits per heavy atom. The zero-order valence-corrected chi connectivity index (χ0v) is 9.15. The largest absolute Gasteiger partial charge is 0.463 e. The van der Waals surface area contributed by atoms with Crippen LogP contribution >= 0.6 is 0 Å². The van der Waals surface area contributed by atoms with E-state index in [9.17, 15) is 4.79 Å². The molecule has 0 spiro atoms. The molecule has 1 amide bonds. The summed E-state index contributed by atoms with van der Waals surface area (Å²) in [6, 6.07) is 9.99. The van der Waals surface area contributed by atoms with E-state index in [1.807, 2.05) is 30.3 Å². The van der Waals surface area contributed by atoms with E-state index in [2.05, 4.69) is 10.4 Å². The molecular weight excluding hydrogens is 220 g/mol. The lowest BCUT2D eigenvalue weighted by Gasteiger charge is -2.14. The Bertz CT molecular complexity index is 403. The molecule has 6 heteroatoms. The summed E-state index contributed by atoms with van der Waals surface area (Å²) >= 11 is 0. The van der Waals surface area contributed by atoms with Crippen molar-refractivity contribution >= 4 is 12.4 Å². The quantitative estimate of drug-likeness (QED) is 0.679. The summed E-state index contributed by atoms with van der Waals surface area (Å²) in [5.74, 6) is 0. The van der Waals surface area contributed by atoms with Crippen molar-refractivity contribution in [2.75, 3.05) is 0 Å². The van der Waals surface area contributed by atoms with Gasteiger partial charge in [-0.1, -0.05) is 30.3 Å². The third kappa shape index (κ3) is 4.80. The first-order chi connectivity index (χ1) is 8.24. The molecule has 1 aliphatic heterocycles. The third-order valence-corrected chi connectivity index (χ3v) is 1.86. The normalized spacial score (nSPS) is 12.4. The van der Waals surface area contributed by atoms with Gasteiger partial charge in [-0.3, -0.25) is 5.43 Å². The van der Waals surface area contributed by atoms with Gasteiger partial charge in [-0.15, -0.1) is 0 Å². The first-order valence-corrected chi connectivity index (χ1v) is 4.94. The number of hydrazine groups is 1. The number of carboxylic acid groups (broad SMARTS) is 1. The number of rotatable bonds is 1. The minimum atomic E-state index is -1.06. The van der Waals surface area contributed by atoms with Gasteiger partial charge < -0.3 is 10.8 Å². The van der Waals surface area contributed by atoms with Crippen LogP contribution in [0.4, 0.5) is 4.79 Å². The summed E-state index contributed by atoms with van der Waals surface area (Å²) in [6.45, 7) is 0.640. The molecular formula is C11H14N4O2. The molecule has 0 saturated carbocycles. The van der Waals surface area contributed by atoms with Gasteiger partial charge in [0.05, 0.1) is 6.20 Å². The summed E-state index contributed by atoms with van der Waals surface area (Å²) < 4.78 is 0. The van der Waals surface area contributed by atoms with Crippen molar-refractivity contribution in [2.45, 2.75) is 6.54 Å². The van der Waals surface area contributed by atoms with Crippen molar-refractivity contribution in [1.82, 2.24) is 10.4 Å². The van der Waals surface area contributed by atoms with Crippen molar-refractivity contribution in [1.29, 1.82) is 0 Å². The van der Waals surface area contributed by atoms with Gasteiger partial charge in [-0.05, 0) is 5.56 Å². The number of nitrogens with zero attached hydrogens (tertiary/aromatic N) is 2. The highest BCUT2D eigenvalue weighted by Crippen LogP contribution is 1.94. The fraction of sp³-hybridized carbons (Fsp3) is 0.0909. The lowest BCUT2D eigenvalue weighted by molar-refractivity contribution is 0.155. The number of nitrogens with two attached hydrogens (primary N) is 1. The average molecular weight is 234 g/mol. The van der Waals surface area contributed by atoms with Crippen LogP contribution in [0.5, 0.6) is 0 Å². The first kappa shape index (κ1) is 12.7. The average Bonchev–Trinajstić information content (AvgIpc) is 2.41. The fourth-order valence-corrected chi connectivity index (χ4v) is 1.02. The maximum absolute atomic E-state index is 10.1. The summed E-state index contributed by atoms with van der Waals surface area (Å²) in [6.07, 6.45) is 2.92. The van der Waals surface area contributed by atoms with Gasteiger partial charge in [0.1, 0.15) is 6.34 Å². The van der Waals surface area contributed by atoms with Crippen LogP contribution in [0.3, 0.4) is 0 Å². The van der Waals surface area contributed by atoms with E-state index < -0.39 is 6.09 Å². The molecule has 90 valence electrons. The van der Waals surface area contributed by atoms with E-state index in [-0.39, 0.29) is 0 Å². The molecule has 1 aromatic rings. The van der Waals surface area contributed by atoms with Crippen LogP contribution in [-0.4, -0.2) is 22.5 Å². The number of carbonyl (C=O) groups is 1. The van der Waals surface area contributed by atoms with E-state index in [1.165, 1.54) is 24.3 Å². The topological polar surface area (TPSA) is 91.0 Å². The van der Waals surface area contributed by atoms with Gasteiger partial charge in [0.15, 0.2) is 0 Å². The van der Waals surface area contributed by atoms with Gasteiger partial charge in [0.2, 0.25) is 0 Å². The molecule has 1 aliphatic rings. The van der Waals surface area contributed by atoms with Crippen LogP contribution in [0.25, 0.3) is 0 Å². The highest BCUT2D eigenvalue weighted by atomic mass is 16.4. The number of nitrogens with one attached hydrogen (secondary N) is 1. The van der Waals surface area contributed by atoms with Crippen molar-refractivity contribution in [3.8, 4) is 0 Å². The predicted molar refractivity (Wildman–Crippen MR) is 65.0 cm³/mol. The Morgan fingerprint density at radius 3 is 2.47 bits per heavy atom. The van der Waals surface area contributed by atoms with Crippen LogP contribution in [0.1, 0.15) is 5.56 Å². The monoisotopic (exact) mass is 234 g/mol. The van der Waals surface area contributed by atoms with Crippen molar-refractivity contribution in [3.05, 3.63) is 48.3 Å². The summed E-state index contributed by atoms with van der Waals surface area (Å²) in [7, 11) is 0. The SMILES string of the molecule is NCc1ccccc1.O=C(O)N1C=CN=CN1. The number of amides is 1. The van der Waals surface area contributed by atoms with Gasteiger partial charge in [0, 0.05) is 12.7 Å². The standard InChI is InChI=1S/C7H9N.C4H5N3O2/c8-6-7-4-2-1-3-5-7;8-4(9)7-2-1-5-3-6-7/h1-5H,6,8H2;1-3H,(H,5,6)(H,8,9). The summed E-state index contributed by atoms with van der Waals surface area (Å²) in [4.78, 5) is 13.7. The van der Waals surface area contributed by atoms with E-state index in [4.69, 9.17) is 10.8 Å². The molecule has 0 saturated heterocycles. The summed E-state index contributed by atoms with van der Waals surface area (Å²) in [5, 5.41) is 9.18. The Hall–Kier alpha value is -2.34. The van der Waals surface area contributed by atoms with Gasteiger partial charge in [-0.2, -0.15) is 5.01 Å². The lowest BCUT2D eigenvalue weighted by atomic mass is 10.2. The Labute approximate surface area is 99.0 Å². The highest BCUT2D eigenvalue weighted by molar-refractivity contribution is 5.70. The number of hydrogen-bond acceptors (Lipinski definition) is 4. The zero-order chi connectivity index (χ0) is 12.5. The molecule has 6 nitrogen and oxygen atoms in total. The van der Waals surface area contributed by atoms with E-state index >= 15 is 0 Å². The van der Waals surface area contributed by atoms with Crippen molar-refractivity contribution in [3.63, 3.8) is 0 Å². The Morgan fingerprint density at radius 1 is 1.41 bits per heavy atom. The molecule has 0 atom stereocenters. The highest BCUT2D eigenvalue weighted by Gasteiger charge is 2.05. The number of hydrogen-bond donors (Lipinski definition) is 3. The Balaban J connectivity index is 0.000000171. The van der Waals surface area contributed by atoms with Crippen molar-refractivity contribution in [2.24, 2.45) is 10.7 Å². The molecule has 2 rings (SSSR count). The Kier molecular flexibility index (Phi) is 5.26. The second kappa shape index (κ2) is 7.02. The van der Waals surface area contributed by atoms with Crippen LogP contribution in [0.15, 0.2) is 47.7 Å². The smallest absolute Gasteiger partial charge is 0.430 e. The maximum Gasteiger partial charge on any atom is 0.430 e. The molecule has 0 fully saturated rings. The molecule has 1 aromatic carbocycles. The molecule has 4 N–H and O–H groups in total. The van der Waals surface area contributed by atoms with E-state index in [0.29, 0.717) is 6.54 Å². The molecule has 1 heterocycles. The van der Waals surface area contributed by atoms with Crippen LogP contribution in [0, 0.1) is 0 Å². The lowest BCUT2D eigenvalue weighted by Crippen LogP contribution is -2.37. The predicted octanol–water partition coefficient (Wildman–Crippen LogP) is 1.13. The number of benzene rings is 1. The van der Waals surface area contributed by atoms with Crippen LogP contribution in [0.2, 0.25) is 0 Å². The minimum Gasteiger partial charge on any atom is -0.463 e. The van der Waals surface area contributed by atoms with Crippen LogP contribution in [-0.2, 0) is 6.54 Å². The molecule has 0 aliphatic carbocycles.